The van der Waals surface area contributed by atoms with Crippen LogP contribution in [0.2, 0.25) is 0 Å². The molecule has 0 radical (unpaired) electrons. The Morgan fingerprint density at radius 1 is 0.684 bits per heavy atom. The van der Waals surface area contributed by atoms with Crippen molar-refractivity contribution in [1.29, 1.82) is 0 Å². The minimum Gasteiger partial charge on any atom is -0.0622 e. The second kappa shape index (κ2) is 5.61. The van der Waals surface area contributed by atoms with Crippen LogP contribution in [0.25, 0.3) is 11.1 Å². The van der Waals surface area contributed by atoms with Crippen LogP contribution in [0.5, 0.6) is 0 Å². The first-order chi connectivity index (χ1) is 9.00. The van der Waals surface area contributed by atoms with Crippen LogP contribution in [0, 0.1) is 6.92 Å². The Morgan fingerprint density at radius 3 is 1.58 bits per heavy atom. The van der Waals surface area contributed by atoms with Gasteiger partial charge in [-0.3, -0.25) is 0 Å². The first-order valence-corrected chi connectivity index (χ1v) is 7.20. The average Bonchev–Trinajstić information content (AvgIpc) is 2.39. The van der Waals surface area contributed by atoms with E-state index in [2.05, 4.69) is 77.1 Å². The summed E-state index contributed by atoms with van der Waals surface area (Å²) in [6, 6.07) is 15.4. The molecule has 2 aromatic rings. The Hall–Kier alpha value is -1.56. The van der Waals surface area contributed by atoms with Gasteiger partial charge in [0.2, 0.25) is 0 Å². The Labute approximate surface area is 117 Å². The molecule has 0 saturated carbocycles. The van der Waals surface area contributed by atoms with Gasteiger partial charge in [0.25, 0.3) is 0 Å². The smallest absolute Gasteiger partial charge is 0.0178 e. The van der Waals surface area contributed by atoms with Crippen molar-refractivity contribution < 1.29 is 0 Å². The highest BCUT2D eigenvalue weighted by atomic mass is 14.2. The molecule has 0 aliphatic rings. The fraction of sp³-hybridized carbons (Fsp3) is 0.368. The monoisotopic (exact) mass is 252 g/mol. The van der Waals surface area contributed by atoms with Gasteiger partial charge in [0.1, 0.15) is 0 Å². The van der Waals surface area contributed by atoms with E-state index in [0.717, 1.165) is 0 Å². The first-order valence-electron chi connectivity index (χ1n) is 7.20. The molecule has 0 unspecified atom stereocenters. The Balaban J connectivity index is 2.63. The predicted molar refractivity (Wildman–Crippen MR) is 84.8 cm³/mol. The lowest BCUT2D eigenvalue weighted by Crippen LogP contribution is -2.00. The summed E-state index contributed by atoms with van der Waals surface area (Å²) in [5.41, 5.74) is 7.07. The molecule has 0 aliphatic heterocycles. The van der Waals surface area contributed by atoms with Crippen molar-refractivity contribution in [2.45, 2.75) is 46.5 Å². The largest absolute Gasteiger partial charge is 0.0622 e. The van der Waals surface area contributed by atoms with Crippen molar-refractivity contribution in [3.8, 4) is 11.1 Å². The topological polar surface area (TPSA) is 0 Å². The van der Waals surface area contributed by atoms with Gasteiger partial charge in [-0.2, -0.15) is 0 Å². The molecule has 19 heavy (non-hydrogen) atoms. The van der Waals surface area contributed by atoms with Crippen LogP contribution in [0.1, 0.15) is 56.2 Å². The maximum absolute atomic E-state index is 2.36. The molecule has 2 rings (SSSR count). The van der Waals surface area contributed by atoms with Crippen LogP contribution in [-0.4, -0.2) is 0 Å². The van der Waals surface area contributed by atoms with Crippen molar-refractivity contribution in [2.24, 2.45) is 0 Å². The number of hydrogen-bond donors (Lipinski definition) is 0. The van der Waals surface area contributed by atoms with E-state index in [0.29, 0.717) is 11.8 Å². The molecule has 0 aromatic heterocycles. The summed E-state index contributed by atoms with van der Waals surface area (Å²) >= 11 is 0. The minimum absolute atomic E-state index is 0.571. The van der Waals surface area contributed by atoms with Crippen molar-refractivity contribution in [1.82, 2.24) is 0 Å². The van der Waals surface area contributed by atoms with Crippen molar-refractivity contribution in [3.63, 3.8) is 0 Å². The lowest BCUT2D eigenvalue weighted by Gasteiger charge is -2.19. The molecule has 100 valence electrons. The fourth-order valence-electron chi connectivity index (χ4n) is 2.76. The molecule has 0 saturated heterocycles. The lowest BCUT2D eigenvalue weighted by molar-refractivity contribution is 0.818. The molecule has 0 fully saturated rings. The SMILES string of the molecule is Cc1c(C(C)C)cc(-c2ccccc2)cc1C(C)C. The normalized spacial score (nSPS) is 11.3. The van der Waals surface area contributed by atoms with Crippen LogP contribution in [0.4, 0.5) is 0 Å². The highest BCUT2D eigenvalue weighted by Crippen LogP contribution is 2.32. The maximum Gasteiger partial charge on any atom is -0.0178 e. The van der Waals surface area contributed by atoms with Crippen LogP contribution in [-0.2, 0) is 0 Å². The second-order valence-electron chi connectivity index (χ2n) is 5.96. The number of benzene rings is 2. The predicted octanol–water partition coefficient (Wildman–Crippen LogP) is 5.91. The summed E-state index contributed by atoms with van der Waals surface area (Å²) in [4.78, 5) is 0. The van der Waals surface area contributed by atoms with Gasteiger partial charge in [0.15, 0.2) is 0 Å². The van der Waals surface area contributed by atoms with E-state index in [9.17, 15) is 0 Å². The van der Waals surface area contributed by atoms with Gasteiger partial charge in [0.05, 0.1) is 0 Å². The Bertz CT molecular complexity index is 519. The summed E-state index contributed by atoms with van der Waals surface area (Å²) in [6.45, 7) is 11.4. The second-order valence-corrected chi connectivity index (χ2v) is 5.96. The fourth-order valence-corrected chi connectivity index (χ4v) is 2.76. The van der Waals surface area contributed by atoms with Crippen molar-refractivity contribution in [3.05, 3.63) is 59.2 Å². The van der Waals surface area contributed by atoms with Gasteiger partial charge >= 0.3 is 0 Å². The molecule has 0 heterocycles. The van der Waals surface area contributed by atoms with Gasteiger partial charge in [-0.15, -0.1) is 0 Å². The van der Waals surface area contributed by atoms with Gasteiger partial charge in [-0.05, 0) is 46.6 Å². The molecule has 2 aromatic carbocycles. The quantitative estimate of drug-likeness (QED) is 0.637. The van der Waals surface area contributed by atoms with E-state index < -0.39 is 0 Å². The molecule has 0 nitrogen and oxygen atoms in total. The zero-order valence-corrected chi connectivity index (χ0v) is 12.7. The lowest BCUT2D eigenvalue weighted by atomic mass is 9.86. The highest BCUT2D eigenvalue weighted by molar-refractivity contribution is 5.66. The van der Waals surface area contributed by atoms with Crippen LogP contribution in [0.3, 0.4) is 0 Å². The minimum atomic E-state index is 0.571. The Kier molecular flexibility index (Phi) is 4.09. The molecule has 0 amide bonds. The van der Waals surface area contributed by atoms with Gasteiger partial charge in [0, 0.05) is 0 Å². The molecule has 0 aliphatic carbocycles. The molecule has 0 N–H and O–H groups in total. The maximum atomic E-state index is 2.36. The van der Waals surface area contributed by atoms with Crippen LogP contribution in [0.15, 0.2) is 42.5 Å². The van der Waals surface area contributed by atoms with Crippen LogP contribution >= 0.6 is 0 Å². The summed E-state index contributed by atoms with van der Waals surface area (Å²) in [6.07, 6.45) is 0. The molecule has 0 atom stereocenters. The molecule has 0 spiro atoms. The van der Waals surface area contributed by atoms with E-state index in [4.69, 9.17) is 0 Å². The number of rotatable bonds is 3. The Morgan fingerprint density at radius 2 is 1.16 bits per heavy atom. The van der Waals surface area contributed by atoms with E-state index in [1.807, 2.05) is 0 Å². The third kappa shape index (κ3) is 2.89. The number of hydrogen-bond acceptors (Lipinski definition) is 0. The van der Waals surface area contributed by atoms with E-state index in [-0.39, 0.29) is 0 Å². The molecular weight excluding hydrogens is 228 g/mol. The molecular formula is C19H24. The third-order valence-corrected chi connectivity index (χ3v) is 3.84. The molecule has 0 bridgehead atoms. The van der Waals surface area contributed by atoms with Gasteiger partial charge in [-0.1, -0.05) is 70.2 Å². The van der Waals surface area contributed by atoms with Crippen LogP contribution < -0.4 is 0 Å². The van der Waals surface area contributed by atoms with Gasteiger partial charge in [-0.25, -0.2) is 0 Å². The van der Waals surface area contributed by atoms with Crippen molar-refractivity contribution in [2.75, 3.05) is 0 Å². The summed E-state index contributed by atoms with van der Waals surface area (Å²) in [5.74, 6) is 1.14. The van der Waals surface area contributed by atoms with Crippen molar-refractivity contribution >= 4 is 0 Å². The first kappa shape index (κ1) is 13.9. The standard InChI is InChI=1S/C19H24/c1-13(2)18-11-17(16-9-7-6-8-10-16)12-19(14(3)4)15(18)5/h6-14H,1-5H3. The third-order valence-electron chi connectivity index (χ3n) is 3.84. The summed E-state index contributed by atoms with van der Waals surface area (Å²) < 4.78 is 0. The summed E-state index contributed by atoms with van der Waals surface area (Å²) in [7, 11) is 0. The zero-order valence-electron chi connectivity index (χ0n) is 12.7. The van der Waals surface area contributed by atoms with E-state index in [1.165, 1.54) is 27.8 Å². The zero-order chi connectivity index (χ0) is 14.0. The van der Waals surface area contributed by atoms with Gasteiger partial charge < -0.3 is 0 Å². The molecule has 0 heteroatoms. The highest BCUT2D eigenvalue weighted by Gasteiger charge is 2.13. The summed E-state index contributed by atoms with van der Waals surface area (Å²) in [5, 5.41) is 0. The van der Waals surface area contributed by atoms with E-state index in [1.54, 1.807) is 0 Å². The van der Waals surface area contributed by atoms with E-state index >= 15 is 0 Å². The average molecular weight is 252 g/mol.